The van der Waals surface area contributed by atoms with Crippen molar-refractivity contribution < 1.29 is 9.59 Å². The van der Waals surface area contributed by atoms with Crippen LogP contribution in [0, 0.1) is 0 Å². The van der Waals surface area contributed by atoms with Crippen LogP contribution in [0.25, 0.3) is 22.3 Å². The Labute approximate surface area is 259 Å². The molecule has 0 saturated carbocycles. The number of nitrogens with zero attached hydrogens (tertiary/aromatic N) is 3. The lowest BCUT2D eigenvalue weighted by Gasteiger charge is -2.41. The van der Waals surface area contributed by atoms with Crippen LogP contribution >= 0.6 is 0 Å². The van der Waals surface area contributed by atoms with E-state index in [1.54, 1.807) is 17.2 Å². The minimum atomic E-state index is -0.278. The Morgan fingerprint density at radius 2 is 1.50 bits per heavy atom. The van der Waals surface area contributed by atoms with Crippen molar-refractivity contribution in [2.45, 2.75) is 31.8 Å². The molecule has 0 spiro atoms. The number of benzene rings is 3. The van der Waals surface area contributed by atoms with Crippen LogP contribution in [0.3, 0.4) is 0 Å². The lowest BCUT2D eigenvalue weighted by Crippen LogP contribution is -2.51. The van der Waals surface area contributed by atoms with Gasteiger partial charge in [-0.25, -0.2) is 4.98 Å². The average Bonchev–Trinajstić information content (AvgIpc) is 3.54. The number of nitrogen functional groups attached to an aromatic ring is 1. The average molecular weight is 589 g/mol. The van der Waals surface area contributed by atoms with E-state index in [4.69, 9.17) is 5.73 Å². The van der Waals surface area contributed by atoms with E-state index < -0.39 is 0 Å². The van der Waals surface area contributed by atoms with Crippen molar-refractivity contribution in [1.29, 1.82) is 0 Å². The highest BCUT2D eigenvalue weighted by molar-refractivity contribution is 6.00. The Kier molecular flexibility index (Phi) is 8.46. The first-order valence-electron chi connectivity index (χ1n) is 15.4. The number of likely N-dealkylation sites (tertiary alicyclic amines) is 1. The smallest absolute Gasteiger partial charge is 0.255 e. The minimum Gasteiger partial charge on any atom is -0.383 e. The summed E-state index contributed by atoms with van der Waals surface area (Å²) < 4.78 is 0. The summed E-state index contributed by atoms with van der Waals surface area (Å²) in [6.07, 6.45) is 2.39. The second-order valence-corrected chi connectivity index (χ2v) is 12.2. The van der Waals surface area contributed by atoms with E-state index in [2.05, 4.69) is 58.6 Å². The number of piperazine rings is 1. The van der Waals surface area contributed by atoms with Crippen molar-refractivity contribution >= 4 is 17.6 Å². The Bertz CT molecular complexity index is 1610. The summed E-state index contributed by atoms with van der Waals surface area (Å²) >= 11 is 0. The third kappa shape index (κ3) is 6.23. The van der Waals surface area contributed by atoms with Gasteiger partial charge < -0.3 is 21.3 Å². The second kappa shape index (κ2) is 12.6. The molecule has 8 nitrogen and oxygen atoms in total. The van der Waals surface area contributed by atoms with Crippen molar-refractivity contribution in [3.05, 3.63) is 108 Å². The molecular formula is C36H40N6O2. The summed E-state index contributed by atoms with van der Waals surface area (Å²) in [6, 6.07) is 27.9. The molecule has 2 amide bonds. The Hall–Kier alpha value is -4.53. The van der Waals surface area contributed by atoms with E-state index in [9.17, 15) is 9.59 Å². The van der Waals surface area contributed by atoms with E-state index in [-0.39, 0.29) is 29.2 Å². The minimum absolute atomic E-state index is 0.0342. The molecule has 1 aromatic heterocycles. The van der Waals surface area contributed by atoms with Gasteiger partial charge in [-0.3, -0.25) is 14.5 Å². The molecule has 1 atom stereocenters. The first-order chi connectivity index (χ1) is 21.3. The number of nitrogens with one attached hydrogen (secondary N) is 2. The van der Waals surface area contributed by atoms with E-state index in [0.717, 1.165) is 48.4 Å². The molecule has 4 N–H and O–H groups in total. The normalized spacial score (nSPS) is 17.4. The van der Waals surface area contributed by atoms with Gasteiger partial charge >= 0.3 is 0 Å². The van der Waals surface area contributed by atoms with Gasteiger partial charge in [-0.15, -0.1) is 0 Å². The van der Waals surface area contributed by atoms with Crippen LogP contribution in [0.2, 0.25) is 0 Å². The fourth-order valence-corrected chi connectivity index (χ4v) is 6.24. The van der Waals surface area contributed by atoms with Gasteiger partial charge in [-0.05, 0) is 60.7 Å². The van der Waals surface area contributed by atoms with Gasteiger partial charge in [0.25, 0.3) is 11.8 Å². The van der Waals surface area contributed by atoms with E-state index in [1.807, 2.05) is 54.6 Å². The summed E-state index contributed by atoms with van der Waals surface area (Å²) in [6.45, 7) is 9.59. The van der Waals surface area contributed by atoms with Gasteiger partial charge in [0, 0.05) is 68.2 Å². The predicted octanol–water partition coefficient (Wildman–Crippen LogP) is 4.78. The molecule has 3 aromatic carbocycles. The van der Waals surface area contributed by atoms with Crippen LogP contribution < -0.4 is 16.4 Å². The zero-order valence-corrected chi connectivity index (χ0v) is 25.4. The lowest BCUT2D eigenvalue weighted by atomic mass is 9.90. The number of anilines is 1. The summed E-state index contributed by atoms with van der Waals surface area (Å²) in [5.41, 5.74) is 12.3. The molecule has 2 fully saturated rings. The number of amides is 2. The number of carbonyl (C=O) groups excluding carboxylic acids is 2. The monoisotopic (exact) mass is 588 g/mol. The molecule has 0 bridgehead atoms. The summed E-state index contributed by atoms with van der Waals surface area (Å²) in [5.74, 6) is -0.125. The summed E-state index contributed by atoms with van der Waals surface area (Å²) in [5, 5.41) is 6.51. The highest BCUT2D eigenvalue weighted by Crippen LogP contribution is 2.31. The SMILES string of the molecule is CC(C)(c1ccc(-c2cnc(N)c(C(=O)N[C@@H]3CCN(C(=O)c4ccc(-c5ccccc5)cc4)C3)c2)cc1)N1CCNCC1. The number of aromatic nitrogens is 1. The molecule has 3 heterocycles. The molecule has 8 heteroatoms. The maximum absolute atomic E-state index is 13.3. The Morgan fingerprint density at radius 3 is 2.20 bits per heavy atom. The van der Waals surface area contributed by atoms with Crippen LogP contribution in [0.5, 0.6) is 0 Å². The van der Waals surface area contributed by atoms with Crippen molar-refractivity contribution in [3.63, 3.8) is 0 Å². The first-order valence-corrected chi connectivity index (χ1v) is 15.4. The molecule has 2 aliphatic heterocycles. The van der Waals surface area contributed by atoms with Crippen LogP contribution in [-0.2, 0) is 5.54 Å². The van der Waals surface area contributed by atoms with Crippen molar-refractivity contribution in [1.82, 2.24) is 25.4 Å². The maximum atomic E-state index is 13.3. The van der Waals surface area contributed by atoms with Crippen molar-refractivity contribution in [3.8, 4) is 22.3 Å². The van der Waals surface area contributed by atoms with Gasteiger partial charge in [-0.2, -0.15) is 0 Å². The van der Waals surface area contributed by atoms with E-state index in [0.29, 0.717) is 30.6 Å². The fourth-order valence-electron chi connectivity index (χ4n) is 6.24. The third-order valence-corrected chi connectivity index (χ3v) is 9.05. The molecule has 226 valence electrons. The van der Waals surface area contributed by atoms with Gasteiger partial charge in [0.05, 0.1) is 5.56 Å². The number of nitrogens with two attached hydrogens (primary N) is 1. The fraction of sp³-hybridized carbons (Fsp3) is 0.306. The van der Waals surface area contributed by atoms with Crippen LogP contribution in [0.4, 0.5) is 5.82 Å². The molecule has 44 heavy (non-hydrogen) atoms. The van der Waals surface area contributed by atoms with E-state index in [1.165, 1.54) is 5.56 Å². The highest BCUT2D eigenvalue weighted by atomic mass is 16.2. The van der Waals surface area contributed by atoms with Crippen LogP contribution in [-0.4, -0.2) is 71.9 Å². The van der Waals surface area contributed by atoms with E-state index >= 15 is 0 Å². The van der Waals surface area contributed by atoms with Gasteiger partial charge in [0.2, 0.25) is 0 Å². The Morgan fingerprint density at radius 1 is 0.864 bits per heavy atom. The number of carbonyl (C=O) groups is 2. The van der Waals surface area contributed by atoms with Gasteiger partial charge in [-0.1, -0.05) is 66.7 Å². The van der Waals surface area contributed by atoms with Gasteiger partial charge in [0.1, 0.15) is 5.82 Å². The number of hydrogen-bond acceptors (Lipinski definition) is 6. The predicted molar refractivity (Wildman–Crippen MR) is 175 cm³/mol. The lowest BCUT2D eigenvalue weighted by molar-refractivity contribution is 0.0783. The van der Waals surface area contributed by atoms with Crippen molar-refractivity contribution in [2.24, 2.45) is 0 Å². The van der Waals surface area contributed by atoms with Crippen LogP contribution in [0.15, 0.2) is 91.1 Å². The number of hydrogen-bond donors (Lipinski definition) is 3. The molecular weight excluding hydrogens is 548 g/mol. The number of pyridine rings is 1. The quantitative estimate of drug-likeness (QED) is 0.287. The molecule has 0 unspecified atom stereocenters. The molecule has 2 aliphatic rings. The molecule has 0 aliphatic carbocycles. The molecule has 2 saturated heterocycles. The highest BCUT2D eigenvalue weighted by Gasteiger charge is 2.30. The Balaban J connectivity index is 1.09. The summed E-state index contributed by atoms with van der Waals surface area (Å²) in [7, 11) is 0. The zero-order chi connectivity index (χ0) is 30.7. The topological polar surface area (TPSA) is 104 Å². The van der Waals surface area contributed by atoms with Crippen molar-refractivity contribution in [2.75, 3.05) is 45.0 Å². The summed E-state index contributed by atoms with van der Waals surface area (Å²) in [4.78, 5) is 35.2. The maximum Gasteiger partial charge on any atom is 0.255 e. The molecule has 4 aromatic rings. The third-order valence-electron chi connectivity index (χ3n) is 9.05. The molecule has 6 rings (SSSR count). The number of rotatable bonds is 7. The second-order valence-electron chi connectivity index (χ2n) is 12.2. The van der Waals surface area contributed by atoms with Gasteiger partial charge in [0.15, 0.2) is 0 Å². The standard InChI is InChI=1S/C36H40N6O2/c1-36(2,42-20-17-38-18-21-42)30-14-12-27(13-15-30)29-22-32(33(37)39-23-29)34(43)40-31-16-19-41(24-31)35(44)28-10-8-26(9-11-28)25-6-4-3-5-7-25/h3-15,22-23,31,38H,16-21,24H2,1-2H3,(H2,37,39)(H,40,43)/t31-/m1/s1. The largest absolute Gasteiger partial charge is 0.383 e. The zero-order valence-electron chi connectivity index (χ0n) is 25.4. The van der Waals surface area contributed by atoms with Crippen LogP contribution in [0.1, 0.15) is 46.5 Å². The first kappa shape index (κ1) is 29.5. The molecule has 0 radical (unpaired) electrons.